The summed E-state index contributed by atoms with van der Waals surface area (Å²) in [4.78, 5) is 29.7. The van der Waals surface area contributed by atoms with Crippen molar-refractivity contribution in [2.45, 2.75) is 51.0 Å². The molecule has 2 aromatic rings. The standard InChI is InChI=1S/C24H28N4O4/c1-23(2,3)17-6-7-19(29)16(13-17)14-20(30)27-18-5-4-10-26-21(18)22(31)28-24(15-25)8-11-32-12-9-24/h4-7,10,13,29H,8-9,11-12,14H2,1-3H3,(H,27,30)(H,28,31). The van der Waals surface area contributed by atoms with E-state index in [-0.39, 0.29) is 29.0 Å². The number of anilines is 1. The predicted octanol–water partition coefficient (Wildman–Crippen LogP) is 3.07. The van der Waals surface area contributed by atoms with Crippen molar-refractivity contribution in [1.82, 2.24) is 10.3 Å². The molecule has 1 aliphatic heterocycles. The molecule has 8 nitrogen and oxygen atoms in total. The van der Waals surface area contributed by atoms with Gasteiger partial charge in [0.1, 0.15) is 11.3 Å². The highest BCUT2D eigenvalue weighted by atomic mass is 16.5. The Morgan fingerprint density at radius 3 is 2.62 bits per heavy atom. The van der Waals surface area contributed by atoms with Crippen LogP contribution in [0.15, 0.2) is 36.5 Å². The number of ether oxygens (including phenoxy) is 1. The first kappa shape index (κ1) is 23.2. The topological polar surface area (TPSA) is 124 Å². The van der Waals surface area contributed by atoms with Crippen LogP contribution < -0.4 is 10.6 Å². The molecule has 0 bridgehead atoms. The molecule has 168 valence electrons. The molecule has 0 aliphatic carbocycles. The number of hydrogen-bond acceptors (Lipinski definition) is 6. The molecule has 1 saturated heterocycles. The fourth-order valence-electron chi connectivity index (χ4n) is 3.51. The van der Waals surface area contributed by atoms with Crippen molar-refractivity contribution in [3.8, 4) is 11.8 Å². The van der Waals surface area contributed by atoms with E-state index in [0.29, 0.717) is 31.6 Å². The summed E-state index contributed by atoms with van der Waals surface area (Å²) in [7, 11) is 0. The predicted molar refractivity (Wildman–Crippen MR) is 119 cm³/mol. The van der Waals surface area contributed by atoms with E-state index in [2.05, 4.69) is 42.5 Å². The Labute approximate surface area is 187 Å². The molecule has 0 atom stereocenters. The van der Waals surface area contributed by atoms with Gasteiger partial charge in [0.25, 0.3) is 5.91 Å². The maximum Gasteiger partial charge on any atom is 0.273 e. The van der Waals surface area contributed by atoms with E-state index in [1.54, 1.807) is 18.2 Å². The molecule has 3 N–H and O–H groups in total. The number of nitrogens with zero attached hydrogens (tertiary/aromatic N) is 2. The number of phenolic OH excluding ortho intramolecular Hbond substituents is 1. The highest BCUT2D eigenvalue weighted by Gasteiger charge is 2.35. The molecule has 2 amide bonds. The van der Waals surface area contributed by atoms with Gasteiger partial charge in [-0.1, -0.05) is 32.9 Å². The van der Waals surface area contributed by atoms with Crippen molar-refractivity contribution in [2.75, 3.05) is 18.5 Å². The number of aromatic hydroxyl groups is 1. The third-order valence-corrected chi connectivity index (χ3v) is 5.51. The summed E-state index contributed by atoms with van der Waals surface area (Å²) in [5.74, 6) is -0.899. The van der Waals surface area contributed by atoms with Crippen LogP contribution in [0, 0.1) is 11.3 Å². The minimum absolute atomic E-state index is 0.0228. The Balaban J connectivity index is 1.76. The van der Waals surface area contributed by atoms with Crippen LogP contribution in [0.3, 0.4) is 0 Å². The molecule has 3 rings (SSSR count). The summed E-state index contributed by atoms with van der Waals surface area (Å²) < 4.78 is 5.29. The molecule has 8 heteroatoms. The van der Waals surface area contributed by atoms with Gasteiger partial charge in [-0.2, -0.15) is 5.26 Å². The number of carbonyl (C=O) groups is 2. The van der Waals surface area contributed by atoms with Gasteiger partial charge in [0.05, 0.1) is 18.2 Å². The van der Waals surface area contributed by atoms with Crippen LogP contribution in [0.4, 0.5) is 5.69 Å². The van der Waals surface area contributed by atoms with Crippen LogP contribution in [0.5, 0.6) is 5.75 Å². The van der Waals surface area contributed by atoms with E-state index < -0.39 is 17.4 Å². The summed E-state index contributed by atoms with van der Waals surface area (Å²) in [6, 6.07) is 10.6. The van der Waals surface area contributed by atoms with Crippen molar-refractivity contribution < 1.29 is 19.4 Å². The van der Waals surface area contributed by atoms with Gasteiger partial charge in [0.2, 0.25) is 5.91 Å². The summed E-state index contributed by atoms with van der Waals surface area (Å²) in [5, 5.41) is 25.3. The fourth-order valence-corrected chi connectivity index (χ4v) is 3.51. The molecule has 1 aromatic heterocycles. The van der Waals surface area contributed by atoms with Gasteiger partial charge in [-0.15, -0.1) is 0 Å². The fraction of sp³-hybridized carbons (Fsp3) is 0.417. The number of carbonyl (C=O) groups excluding carboxylic acids is 2. The second-order valence-corrected chi connectivity index (χ2v) is 8.98. The van der Waals surface area contributed by atoms with Crippen LogP contribution in [-0.2, 0) is 21.4 Å². The second kappa shape index (κ2) is 9.37. The average Bonchev–Trinajstić information content (AvgIpc) is 2.75. The zero-order valence-electron chi connectivity index (χ0n) is 18.6. The Morgan fingerprint density at radius 2 is 1.97 bits per heavy atom. The molecule has 0 spiro atoms. The number of aromatic nitrogens is 1. The minimum atomic E-state index is -1.02. The first-order valence-electron chi connectivity index (χ1n) is 10.5. The van der Waals surface area contributed by atoms with Crippen LogP contribution in [0.2, 0.25) is 0 Å². The van der Waals surface area contributed by atoms with Crippen molar-refractivity contribution in [2.24, 2.45) is 0 Å². The summed E-state index contributed by atoms with van der Waals surface area (Å²) in [6.45, 7) is 6.93. The maximum absolute atomic E-state index is 12.9. The Hall–Kier alpha value is -3.44. The maximum atomic E-state index is 12.9. The molecule has 0 saturated carbocycles. The first-order valence-corrected chi connectivity index (χ1v) is 10.5. The highest BCUT2D eigenvalue weighted by Crippen LogP contribution is 2.28. The lowest BCUT2D eigenvalue weighted by Gasteiger charge is -2.31. The van der Waals surface area contributed by atoms with Gasteiger partial charge in [-0.05, 0) is 29.2 Å². The van der Waals surface area contributed by atoms with Crippen molar-refractivity contribution >= 4 is 17.5 Å². The molecule has 0 radical (unpaired) electrons. The van der Waals surface area contributed by atoms with E-state index in [1.807, 2.05) is 12.1 Å². The lowest BCUT2D eigenvalue weighted by atomic mass is 9.85. The zero-order valence-corrected chi connectivity index (χ0v) is 18.6. The summed E-state index contributed by atoms with van der Waals surface area (Å²) >= 11 is 0. The van der Waals surface area contributed by atoms with E-state index in [4.69, 9.17) is 4.74 Å². The number of phenols is 1. The molecule has 1 aromatic carbocycles. The third-order valence-electron chi connectivity index (χ3n) is 5.51. The molecule has 1 fully saturated rings. The van der Waals surface area contributed by atoms with Crippen molar-refractivity contribution in [3.05, 3.63) is 53.3 Å². The Bertz CT molecular complexity index is 1050. The molecule has 2 heterocycles. The molecular formula is C24H28N4O4. The lowest BCUT2D eigenvalue weighted by Crippen LogP contribution is -2.51. The van der Waals surface area contributed by atoms with Gasteiger partial charge in [-0.25, -0.2) is 4.98 Å². The van der Waals surface area contributed by atoms with Gasteiger partial charge >= 0.3 is 0 Å². The van der Waals surface area contributed by atoms with Gasteiger partial charge in [-0.3, -0.25) is 9.59 Å². The molecule has 0 unspecified atom stereocenters. The van der Waals surface area contributed by atoms with Gasteiger partial charge in [0.15, 0.2) is 5.69 Å². The number of nitriles is 1. The second-order valence-electron chi connectivity index (χ2n) is 8.98. The summed E-state index contributed by atoms with van der Waals surface area (Å²) in [5.41, 5.74) is 0.603. The van der Waals surface area contributed by atoms with E-state index in [0.717, 1.165) is 5.56 Å². The molecule has 32 heavy (non-hydrogen) atoms. The van der Waals surface area contributed by atoms with Crippen molar-refractivity contribution in [3.63, 3.8) is 0 Å². The Morgan fingerprint density at radius 1 is 1.25 bits per heavy atom. The largest absolute Gasteiger partial charge is 0.508 e. The normalized spacial score (nSPS) is 15.4. The smallest absolute Gasteiger partial charge is 0.273 e. The third kappa shape index (κ3) is 5.42. The number of benzene rings is 1. The van der Waals surface area contributed by atoms with E-state index >= 15 is 0 Å². The van der Waals surface area contributed by atoms with Crippen LogP contribution in [0.1, 0.15) is 55.2 Å². The number of pyridine rings is 1. The number of rotatable bonds is 5. The van der Waals surface area contributed by atoms with Crippen LogP contribution >= 0.6 is 0 Å². The zero-order chi connectivity index (χ0) is 23.4. The van der Waals surface area contributed by atoms with E-state index in [1.165, 1.54) is 6.20 Å². The SMILES string of the molecule is CC(C)(C)c1ccc(O)c(CC(=O)Nc2cccnc2C(=O)NC2(C#N)CCOCC2)c1. The van der Waals surface area contributed by atoms with Crippen LogP contribution in [0.25, 0.3) is 0 Å². The monoisotopic (exact) mass is 436 g/mol. The Kier molecular flexibility index (Phi) is 6.80. The number of nitrogens with one attached hydrogen (secondary N) is 2. The highest BCUT2D eigenvalue weighted by molar-refractivity contribution is 6.03. The molecule has 1 aliphatic rings. The van der Waals surface area contributed by atoms with Crippen LogP contribution in [-0.4, -0.2) is 40.7 Å². The summed E-state index contributed by atoms with van der Waals surface area (Å²) in [6.07, 6.45) is 2.15. The number of hydrogen-bond donors (Lipinski definition) is 3. The van der Waals surface area contributed by atoms with Gasteiger partial charge in [0, 0.05) is 37.8 Å². The quantitative estimate of drug-likeness (QED) is 0.662. The number of amides is 2. The molecular weight excluding hydrogens is 408 g/mol. The minimum Gasteiger partial charge on any atom is -0.508 e. The first-order chi connectivity index (χ1) is 15.1. The lowest BCUT2D eigenvalue weighted by molar-refractivity contribution is -0.115. The van der Waals surface area contributed by atoms with Crippen molar-refractivity contribution in [1.29, 1.82) is 5.26 Å². The average molecular weight is 437 g/mol. The van der Waals surface area contributed by atoms with Gasteiger partial charge < -0.3 is 20.5 Å². The van der Waals surface area contributed by atoms with E-state index in [9.17, 15) is 20.0 Å².